The van der Waals surface area contributed by atoms with E-state index in [-0.39, 0.29) is 5.56 Å². The number of imidazole rings is 1. The molecule has 0 spiro atoms. The number of halogens is 1. The fraction of sp³-hybridized carbons (Fsp3) is 0.200. The summed E-state index contributed by atoms with van der Waals surface area (Å²) in [5, 5.41) is 7.02. The van der Waals surface area contributed by atoms with Gasteiger partial charge in [0.2, 0.25) is 0 Å². The van der Waals surface area contributed by atoms with E-state index in [0.29, 0.717) is 13.1 Å². The van der Waals surface area contributed by atoms with Crippen LogP contribution < -0.4 is 5.32 Å². The second-order valence-electron chi connectivity index (χ2n) is 4.82. The maximum Gasteiger partial charge on any atom is 0.254 e. The predicted octanol–water partition coefficient (Wildman–Crippen LogP) is 2.01. The first kappa shape index (κ1) is 13.4. The molecule has 2 heterocycles. The van der Waals surface area contributed by atoms with E-state index >= 15 is 0 Å². The van der Waals surface area contributed by atoms with Gasteiger partial charge in [0, 0.05) is 31.5 Å². The number of aromatic nitrogens is 3. The number of aryl methyl sites for hydroxylation is 1. The highest BCUT2D eigenvalue weighted by Crippen LogP contribution is 2.08. The molecular formula is C15H15FN4O. The molecule has 1 amide bonds. The third-order valence-corrected chi connectivity index (χ3v) is 3.28. The van der Waals surface area contributed by atoms with E-state index in [1.54, 1.807) is 16.6 Å². The molecular weight excluding hydrogens is 271 g/mol. The van der Waals surface area contributed by atoms with E-state index in [2.05, 4.69) is 10.4 Å². The average molecular weight is 286 g/mol. The Morgan fingerprint density at radius 3 is 2.95 bits per heavy atom. The lowest BCUT2D eigenvalue weighted by Gasteiger charge is -2.07. The summed E-state index contributed by atoms with van der Waals surface area (Å²) in [6, 6.07) is 7.92. The van der Waals surface area contributed by atoms with E-state index in [1.807, 2.05) is 30.0 Å². The van der Waals surface area contributed by atoms with E-state index < -0.39 is 11.7 Å². The SMILES string of the molecule is Cc1cc2n(CCNC(=O)c3ccccc3F)ccn2n1. The van der Waals surface area contributed by atoms with Gasteiger partial charge in [-0.2, -0.15) is 5.10 Å². The summed E-state index contributed by atoms with van der Waals surface area (Å²) in [5.74, 6) is -0.911. The molecule has 0 aliphatic carbocycles. The fourth-order valence-electron chi connectivity index (χ4n) is 2.27. The molecule has 0 radical (unpaired) electrons. The van der Waals surface area contributed by atoms with Crippen LogP contribution in [0.25, 0.3) is 5.65 Å². The Balaban J connectivity index is 1.63. The zero-order chi connectivity index (χ0) is 14.8. The van der Waals surface area contributed by atoms with Crippen molar-refractivity contribution in [3.05, 3.63) is 59.8 Å². The van der Waals surface area contributed by atoms with Crippen LogP contribution in [0.5, 0.6) is 0 Å². The molecule has 6 heteroatoms. The van der Waals surface area contributed by atoms with Crippen molar-refractivity contribution in [2.45, 2.75) is 13.5 Å². The van der Waals surface area contributed by atoms with Crippen molar-refractivity contribution in [1.82, 2.24) is 19.5 Å². The van der Waals surface area contributed by atoms with Crippen LogP contribution in [0.15, 0.2) is 42.7 Å². The van der Waals surface area contributed by atoms with Gasteiger partial charge in [0.25, 0.3) is 5.91 Å². The van der Waals surface area contributed by atoms with Crippen molar-refractivity contribution >= 4 is 11.6 Å². The summed E-state index contributed by atoms with van der Waals surface area (Å²) in [5.41, 5.74) is 1.97. The molecule has 3 rings (SSSR count). The molecule has 0 aliphatic heterocycles. The second-order valence-corrected chi connectivity index (χ2v) is 4.82. The van der Waals surface area contributed by atoms with Crippen LogP contribution in [0.3, 0.4) is 0 Å². The van der Waals surface area contributed by atoms with Crippen molar-refractivity contribution in [3.63, 3.8) is 0 Å². The van der Waals surface area contributed by atoms with Crippen molar-refractivity contribution in [2.75, 3.05) is 6.54 Å². The van der Waals surface area contributed by atoms with Crippen LogP contribution in [0.2, 0.25) is 0 Å². The Morgan fingerprint density at radius 1 is 1.33 bits per heavy atom. The Labute approximate surface area is 121 Å². The monoisotopic (exact) mass is 286 g/mol. The first-order valence-corrected chi connectivity index (χ1v) is 6.69. The molecule has 108 valence electrons. The molecule has 0 aliphatic rings. The quantitative estimate of drug-likeness (QED) is 0.797. The maximum atomic E-state index is 13.5. The van der Waals surface area contributed by atoms with Gasteiger partial charge in [-0.3, -0.25) is 4.79 Å². The second kappa shape index (κ2) is 5.40. The Bertz CT molecular complexity index is 790. The Morgan fingerprint density at radius 2 is 2.14 bits per heavy atom. The molecule has 21 heavy (non-hydrogen) atoms. The molecule has 0 saturated carbocycles. The van der Waals surface area contributed by atoms with Gasteiger partial charge in [0.15, 0.2) is 0 Å². The van der Waals surface area contributed by atoms with Gasteiger partial charge in [-0.05, 0) is 19.1 Å². The molecule has 0 saturated heterocycles. The lowest BCUT2D eigenvalue weighted by Crippen LogP contribution is -2.27. The number of nitrogens with zero attached hydrogens (tertiary/aromatic N) is 3. The third kappa shape index (κ3) is 2.65. The zero-order valence-electron chi connectivity index (χ0n) is 11.6. The normalized spacial score (nSPS) is 11.0. The third-order valence-electron chi connectivity index (χ3n) is 3.28. The lowest BCUT2D eigenvalue weighted by atomic mass is 10.2. The molecule has 2 aromatic heterocycles. The smallest absolute Gasteiger partial charge is 0.254 e. The maximum absolute atomic E-state index is 13.5. The first-order valence-electron chi connectivity index (χ1n) is 6.69. The molecule has 3 aromatic rings. The van der Waals surface area contributed by atoms with Gasteiger partial charge in [-0.1, -0.05) is 12.1 Å². The predicted molar refractivity (Wildman–Crippen MR) is 76.7 cm³/mol. The average Bonchev–Trinajstić information content (AvgIpc) is 2.99. The zero-order valence-corrected chi connectivity index (χ0v) is 11.6. The van der Waals surface area contributed by atoms with Crippen LogP contribution in [-0.4, -0.2) is 26.6 Å². The van der Waals surface area contributed by atoms with Gasteiger partial charge in [0.1, 0.15) is 11.5 Å². The summed E-state index contributed by atoms with van der Waals surface area (Å²) in [6.07, 6.45) is 3.76. The van der Waals surface area contributed by atoms with Crippen molar-refractivity contribution in [3.8, 4) is 0 Å². The number of rotatable bonds is 4. The van der Waals surface area contributed by atoms with E-state index in [4.69, 9.17) is 0 Å². The van der Waals surface area contributed by atoms with Crippen LogP contribution in [0, 0.1) is 12.7 Å². The van der Waals surface area contributed by atoms with Crippen molar-refractivity contribution in [2.24, 2.45) is 0 Å². The lowest BCUT2D eigenvalue weighted by molar-refractivity contribution is 0.0948. The molecule has 0 bridgehead atoms. The standard InChI is InChI=1S/C15H15FN4O/c1-11-10-14-19(8-9-20(14)18-11)7-6-17-15(21)12-4-2-3-5-13(12)16/h2-5,8-10H,6-7H2,1H3,(H,17,21). The summed E-state index contributed by atoms with van der Waals surface area (Å²) in [7, 11) is 0. The number of benzene rings is 1. The van der Waals surface area contributed by atoms with Crippen LogP contribution >= 0.6 is 0 Å². The van der Waals surface area contributed by atoms with Gasteiger partial charge < -0.3 is 9.88 Å². The van der Waals surface area contributed by atoms with Crippen molar-refractivity contribution < 1.29 is 9.18 Å². The van der Waals surface area contributed by atoms with E-state index in [1.165, 1.54) is 12.1 Å². The minimum Gasteiger partial charge on any atom is -0.350 e. The molecule has 5 nitrogen and oxygen atoms in total. The number of amides is 1. The highest BCUT2D eigenvalue weighted by Gasteiger charge is 2.10. The molecule has 0 unspecified atom stereocenters. The molecule has 1 aromatic carbocycles. The van der Waals surface area contributed by atoms with Gasteiger partial charge in [-0.25, -0.2) is 8.91 Å². The molecule has 0 atom stereocenters. The highest BCUT2D eigenvalue weighted by molar-refractivity contribution is 5.94. The van der Waals surface area contributed by atoms with Gasteiger partial charge in [0.05, 0.1) is 11.3 Å². The summed E-state index contributed by atoms with van der Waals surface area (Å²) < 4.78 is 17.2. The number of hydrogen-bond acceptors (Lipinski definition) is 2. The van der Waals surface area contributed by atoms with Crippen molar-refractivity contribution in [1.29, 1.82) is 0 Å². The minimum atomic E-state index is -0.509. The Hall–Kier alpha value is -2.63. The summed E-state index contributed by atoms with van der Waals surface area (Å²) >= 11 is 0. The van der Waals surface area contributed by atoms with Crippen LogP contribution in [-0.2, 0) is 6.54 Å². The number of fused-ring (bicyclic) bond motifs is 1. The van der Waals surface area contributed by atoms with Gasteiger partial charge >= 0.3 is 0 Å². The first-order chi connectivity index (χ1) is 10.1. The van der Waals surface area contributed by atoms with Crippen LogP contribution in [0.4, 0.5) is 4.39 Å². The summed E-state index contributed by atoms with van der Waals surface area (Å²) in [4.78, 5) is 11.9. The van der Waals surface area contributed by atoms with E-state index in [0.717, 1.165) is 11.3 Å². The topological polar surface area (TPSA) is 51.3 Å². The number of hydrogen-bond donors (Lipinski definition) is 1. The van der Waals surface area contributed by atoms with Crippen LogP contribution in [0.1, 0.15) is 16.1 Å². The van der Waals surface area contributed by atoms with Gasteiger partial charge in [-0.15, -0.1) is 0 Å². The highest BCUT2D eigenvalue weighted by atomic mass is 19.1. The number of carbonyl (C=O) groups excluding carboxylic acids is 1. The fourth-order valence-corrected chi connectivity index (χ4v) is 2.27. The van der Waals surface area contributed by atoms with E-state index in [9.17, 15) is 9.18 Å². The number of nitrogens with one attached hydrogen (secondary N) is 1. The molecule has 1 N–H and O–H groups in total. The minimum absolute atomic E-state index is 0.0651. The largest absolute Gasteiger partial charge is 0.350 e. The molecule has 0 fully saturated rings. The Kier molecular flexibility index (Phi) is 3.43. The summed E-state index contributed by atoms with van der Waals surface area (Å²) in [6.45, 7) is 2.95. The number of carbonyl (C=O) groups is 1.